The highest BCUT2D eigenvalue weighted by Crippen LogP contribution is 2.37. The summed E-state index contributed by atoms with van der Waals surface area (Å²) in [6.45, 7) is 9.78. The van der Waals surface area contributed by atoms with Gasteiger partial charge in [0.1, 0.15) is 0 Å². The third-order valence-electron chi connectivity index (χ3n) is 6.07. The number of ether oxygens (including phenoxy) is 1. The van der Waals surface area contributed by atoms with Crippen molar-refractivity contribution in [2.75, 3.05) is 12.3 Å². The van der Waals surface area contributed by atoms with E-state index in [2.05, 4.69) is 98.3 Å². The van der Waals surface area contributed by atoms with Crippen LogP contribution in [0, 0.1) is 0 Å². The van der Waals surface area contributed by atoms with Crippen molar-refractivity contribution in [3.63, 3.8) is 0 Å². The largest absolute Gasteiger partial charge is 0.402 e. The first kappa shape index (κ1) is 25.3. The summed E-state index contributed by atoms with van der Waals surface area (Å²) < 4.78 is 13.3. The lowest BCUT2D eigenvalue weighted by atomic mass is 10.1. The Hall–Kier alpha value is -2.84. The van der Waals surface area contributed by atoms with Crippen LogP contribution in [0.4, 0.5) is 5.13 Å². The van der Waals surface area contributed by atoms with Gasteiger partial charge in [0, 0.05) is 17.1 Å². The molecule has 7 heteroatoms. The van der Waals surface area contributed by atoms with Gasteiger partial charge < -0.3 is 14.9 Å². The van der Waals surface area contributed by atoms with Gasteiger partial charge in [0.25, 0.3) is 8.32 Å². The van der Waals surface area contributed by atoms with Gasteiger partial charge in [-0.15, -0.1) is 11.3 Å². The third kappa shape index (κ3) is 5.54. The fraction of sp³-hybridized carbons (Fsp3) is 0.286. The number of thiazole rings is 1. The summed E-state index contributed by atoms with van der Waals surface area (Å²) in [5.41, 5.74) is 8.46. The molecule has 0 spiro atoms. The SMILES string of the molecule is C[C@@H](COCc1ncccc1-c1csc(N)n1)O[Si](c1ccccc1)(c1ccccc1)C(C)(C)C. The highest BCUT2D eigenvalue weighted by Gasteiger charge is 2.51. The maximum Gasteiger partial charge on any atom is 0.261 e. The molecule has 182 valence electrons. The summed E-state index contributed by atoms with van der Waals surface area (Å²) in [4.78, 5) is 8.95. The van der Waals surface area contributed by atoms with Crippen molar-refractivity contribution in [3.05, 3.63) is 90.1 Å². The van der Waals surface area contributed by atoms with E-state index in [1.54, 1.807) is 6.20 Å². The summed E-state index contributed by atoms with van der Waals surface area (Å²) in [7, 11) is -2.62. The molecule has 0 saturated heterocycles. The number of nitrogens with zero attached hydrogens (tertiary/aromatic N) is 2. The van der Waals surface area contributed by atoms with Gasteiger partial charge in [-0.2, -0.15) is 0 Å². The van der Waals surface area contributed by atoms with Crippen molar-refractivity contribution < 1.29 is 9.16 Å². The quantitative estimate of drug-likeness (QED) is 0.315. The van der Waals surface area contributed by atoms with Crippen molar-refractivity contribution in [3.8, 4) is 11.3 Å². The van der Waals surface area contributed by atoms with Gasteiger partial charge in [-0.05, 0) is 34.5 Å². The summed E-state index contributed by atoms with van der Waals surface area (Å²) >= 11 is 1.42. The Morgan fingerprint density at radius 2 is 1.57 bits per heavy atom. The second kappa shape index (κ2) is 10.8. The van der Waals surface area contributed by atoms with Gasteiger partial charge in [-0.25, -0.2) is 4.98 Å². The van der Waals surface area contributed by atoms with Crippen molar-refractivity contribution in [1.82, 2.24) is 9.97 Å². The van der Waals surface area contributed by atoms with Crippen LogP contribution >= 0.6 is 11.3 Å². The molecule has 4 rings (SSSR count). The Bertz CT molecular complexity index is 1190. The maximum atomic E-state index is 7.10. The minimum Gasteiger partial charge on any atom is -0.402 e. The lowest BCUT2D eigenvalue weighted by Gasteiger charge is -2.44. The summed E-state index contributed by atoms with van der Waals surface area (Å²) in [5, 5.41) is 4.94. The first-order valence-corrected chi connectivity index (χ1v) is 14.6. The molecule has 5 nitrogen and oxygen atoms in total. The molecule has 35 heavy (non-hydrogen) atoms. The zero-order valence-electron chi connectivity index (χ0n) is 20.8. The standard InChI is InChI=1S/C28H33N3O2SSi/c1-21(18-32-19-25-24(16-11-17-30-25)26-20-34-27(29)31-26)33-35(28(2,3)4,22-12-7-5-8-13-22)23-14-9-6-10-15-23/h5-17,20-21H,18-19H2,1-4H3,(H2,29,31)/t21-/m0/s1. The second-order valence-electron chi connectivity index (χ2n) is 9.68. The summed E-state index contributed by atoms with van der Waals surface area (Å²) in [5.74, 6) is 0. The van der Waals surface area contributed by atoms with Crippen LogP contribution in [0.25, 0.3) is 11.3 Å². The molecule has 0 fully saturated rings. The molecule has 2 aromatic heterocycles. The summed E-state index contributed by atoms with van der Waals surface area (Å²) in [6.07, 6.45) is 1.67. The number of rotatable bonds is 9. The molecule has 0 radical (unpaired) electrons. The van der Waals surface area contributed by atoms with E-state index in [-0.39, 0.29) is 11.1 Å². The molecular formula is C28H33N3O2SSi. The van der Waals surface area contributed by atoms with E-state index in [4.69, 9.17) is 14.9 Å². The zero-order valence-corrected chi connectivity index (χ0v) is 22.6. The van der Waals surface area contributed by atoms with E-state index in [1.807, 2.05) is 17.5 Å². The lowest BCUT2D eigenvalue weighted by Crippen LogP contribution is -2.67. The van der Waals surface area contributed by atoms with Crippen LogP contribution in [0.1, 0.15) is 33.4 Å². The summed E-state index contributed by atoms with van der Waals surface area (Å²) in [6, 6.07) is 25.3. The number of hydrogen-bond donors (Lipinski definition) is 1. The zero-order chi connectivity index (χ0) is 24.9. The van der Waals surface area contributed by atoms with E-state index >= 15 is 0 Å². The molecule has 1 atom stereocenters. The van der Waals surface area contributed by atoms with Gasteiger partial charge >= 0.3 is 0 Å². The predicted octanol–water partition coefficient (Wildman–Crippen LogP) is 5.27. The Labute approximate surface area is 213 Å². The maximum absolute atomic E-state index is 7.10. The first-order chi connectivity index (χ1) is 16.8. The smallest absolute Gasteiger partial charge is 0.261 e. The molecule has 4 aromatic rings. The molecule has 2 aromatic carbocycles. The molecule has 2 heterocycles. The van der Waals surface area contributed by atoms with Crippen molar-refractivity contribution in [2.24, 2.45) is 0 Å². The van der Waals surface area contributed by atoms with E-state index < -0.39 is 8.32 Å². The Kier molecular flexibility index (Phi) is 7.81. The Morgan fingerprint density at radius 3 is 2.11 bits per heavy atom. The number of aromatic nitrogens is 2. The fourth-order valence-corrected chi connectivity index (χ4v) is 9.80. The monoisotopic (exact) mass is 503 g/mol. The van der Waals surface area contributed by atoms with Crippen LogP contribution in [-0.4, -0.2) is 31.0 Å². The number of benzene rings is 2. The molecule has 0 unspecified atom stereocenters. The lowest BCUT2D eigenvalue weighted by molar-refractivity contribution is 0.0436. The normalized spacial score (nSPS) is 13.0. The van der Waals surface area contributed by atoms with Gasteiger partial charge in [0.2, 0.25) is 0 Å². The molecule has 0 amide bonds. The van der Waals surface area contributed by atoms with Crippen LogP contribution in [0.15, 0.2) is 84.4 Å². The van der Waals surface area contributed by atoms with Crippen molar-refractivity contribution in [1.29, 1.82) is 0 Å². The number of hydrogen-bond acceptors (Lipinski definition) is 6. The molecule has 0 bridgehead atoms. The van der Waals surface area contributed by atoms with Crippen LogP contribution in [0.3, 0.4) is 0 Å². The number of nitrogen functional groups attached to an aromatic ring is 1. The molecular weight excluding hydrogens is 470 g/mol. The van der Waals surface area contributed by atoms with Gasteiger partial charge in [0.15, 0.2) is 5.13 Å². The number of pyridine rings is 1. The molecule has 0 aliphatic rings. The Morgan fingerprint density at radius 1 is 0.943 bits per heavy atom. The van der Waals surface area contributed by atoms with Gasteiger partial charge in [-0.3, -0.25) is 4.98 Å². The van der Waals surface area contributed by atoms with E-state index in [0.29, 0.717) is 18.3 Å². The van der Waals surface area contributed by atoms with Crippen LogP contribution in [0.2, 0.25) is 5.04 Å². The first-order valence-electron chi connectivity index (χ1n) is 11.8. The molecule has 0 aliphatic heterocycles. The van der Waals surface area contributed by atoms with Crippen molar-refractivity contribution in [2.45, 2.75) is 45.4 Å². The van der Waals surface area contributed by atoms with Crippen molar-refractivity contribution >= 4 is 35.2 Å². The highest BCUT2D eigenvalue weighted by atomic mass is 32.1. The average molecular weight is 504 g/mol. The Balaban J connectivity index is 1.55. The second-order valence-corrected chi connectivity index (χ2v) is 14.8. The minimum absolute atomic E-state index is 0.0807. The fourth-order valence-electron chi connectivity index (χ4n) is 4.55. The highest BCUT2D eigenvalue weighted by molar-refractivity contribution is 7.13. The minimum atomic E-state index is -2.62. The predicted molar refractivity (Wildman–Crippen MR) is 148 cm³/mol. The average Bonchev–Trinajstić information content (AvgIpc) is 3.29. The van der Waals surface area contributed by atoms with E-state index in [9.17, 15) is 0 Å². The van der Waals surface area contributed by atoms with E-state index in [0.717, 1.165) is 17.0 Å². The van der Waals surface area contributed by atoms with Gasteiger partial charge in [-0.1, -0.05) is 81.4 Å². The third-order valence-corrected chi connectivity index (χ3v) is 11.9. The molecule has 2 N–H and O–H groups in total. The molecule has 0 saturated carbocycles. The van der Waals surface area contributed by atoms with Crippen LogP contribution in [-0.2, 0) is 15.8 Å². The van der Waals surface area contributed by atoms with Gasteiger partial charge in [0.05, 0.1) is 30.7 Å². The molecule has 0 aliphatic carbocycles. The number of nitrogens with two attached hydrogens (primary N) is 1. The van der Waals surface area contributed by atoms with Crippen LogP contribution < -0.4 is 16.1 Å². The van der Waals surface area contributed by atoms with E-state index in [1.165, 1.54) is 21.7 Å². The van der Waals surface area contributed by atoms with Crippen LogP contribution in [0.5, 0.6) is 0 Å². The number of anilines is 1. The topological polar surface area (TPSA) is 70.3 Å².